The standard InChI is InChI=1S/C28H38FN3O3/c1-4-31(5-2)28(34)27-24-7-6-8-25(24)32(30-27)18-22(33)13-9-20-10-14-23(15-11-20)35-26-16-12-21(29)17-19(26)3/h12,16-17,20,23H,4-11,13-15,18H2,1-3H3. The molecule has 1 saturated carbocycles. The highest BCUT2D eigenvalue weighted by Gasteiger charge is 2.29. The van der Waals surface area contributed by atoms with Crippen LogP contribution in [0.25, 0.3) is 0 Å². The number of carbonyl (C=O) groups excluding carboxylic acids is 2. The molecule has 1 aromatic carbocycles. The second kappa shape index (κ2) is 11.4. The predicted octanol–water partition coefficient (Wildman–Crippen LogP) is 5.29. The third kappa shape index (κ3) is 5.93. The lowest BCUT2D eigenvalue weighted by atomic mass is 9.84. The lowest BCUT2D eigenvalue weighted by Gasteiger charge is -2.29. The first kappa shape index (κ1) is 25.4. The molecule has 1 aromatic heterocycles. The van der Waals surface area contributed by atoms with Crippen molar-refractivity contribution in [3.63, 3.8) is 0 Å². The van der Waals surface area contributed by atoms with Gasteiger partial charge in [-0.1, -0.05) is 0 Å². The van der Waals surface area contributed by atoms with Crippen molar-refractivity contribution in [3.05, 3.63) is 46.5 Å². The van der Waals surface area contributed by atoms with Gasteiger partial charge < -0.3 is 9.64 Å². The number of Topliss-reactive ketones (excluding diaryl/α,β-unsaturated/α-hetero) is 1. The van der Waals surface area contributed by atoms with E-state index in [1.165, 1.54) is 12.1 Å². The van der Waals surface area contributed by atoms with E-state index in [-0.39, 0.29) is 30.2 Å². The Kier molecular flexibility index (Phi) is 8.24. The van der Waals surface area contributed by atoms with Gasteiger partial charge in [-0.3, -0.25) is 14.3 Å². The number of hydrogen-bond donors (Lipinski definition) is 0. The second-order valence-corrected chi connectivity index (χ2v) is 10.0. The Morgan fingerprint density at radius 1 is 1.14 bits per heavy atom. The number of amides is 1. The normalized spacial score (nSPS) is 19.4. The summed E-state index contributed by atoms with van der Waals surface area (Å²) in [6, 6.07) is 4.66. The van der Waals surface area contributed by atoms with Crippen molar-refractivity contribution < 1.29 is 18.7 Å². The molecule has 4 rings (SSSR count). The predicted molar refractivity (Wildman–Crippen MR) is 133 cm³/mol. The van der Waals surface area contributed by atoms with E-state index in [0.29, 0.717) is 31.1 Å². The Bertz CT molecular complexity index is 1050. The van der Waals surface area contributed by atoms with E-state index in [9.17, 15) is 14.0 Å². The largest absolute Gasteiger partial charge is 0.490 e. The van der Waals surface area contributed by atoms with E-state index < -0.39 is 0 Å². The molecule has 2 aliphatic rings. The quantitative estimate of drug-likeness (QED) is 0.461. The number of ether oxygens (including phenoxy) is 1. The Labute approximate surface area is 207 Å². The van der Waals surface area contributed by atoms with E-state index in [4.69, 9.17) is 4.74 Å². The zero-order valence-electron chi connectivity index (χ0n) is 21.3. The number of nitrogens with zero attached hydrogens (tertiary/aromatic N) is 3. The zero-order chi connectivity index (χ0) is 24.9. The van der Waals surface area contributed by atoms with Gasteiger partial charge in [0.05, 0.1) is 12.6 Å². The Hall–Kier alpha value is -2.70. The Morgan fingerprint density at radius 3 is 2.57 bits per heavy atom. The monoisotopic (exact) mass is 483 g/mol. The molecular formula is C28H38FN3O3. The van der Waals surface area contributed by atoms with Crippen molar-refractivity contribution in [1.29, 1.82) is 0 Å². The highest BCUT2D eigenvalue weighted by Crippen LogP contribution is 2.32. The van der Waals surface area contributed by atoms with Gasteiger partial charge in [0.1, 0.15) is 11.6 Å². The smallest absolute Gasteiger partial charge is 0.274 e. The molecule has 0 radical (unpaired) electrons. The lowest BCUT2D eigenvalue weighted by Crippen LogP contribution is -2.31. The molecule has 1 fully saturated rings. The van der Waals surface area contributed by atoms with Crippen molar-refractivity contribution >= 4 is 11.7 Å². The molecule has 0 aliphatic heterocycles. The zero-order valence-corrected chi connectivity index (χ0v) is 21.3. The van der Waals surface area contributed by atoms with E-state index in [2.05, 4.69) is 5.10 Å². The molecule has 0 spiro atoms. The van der Waals surface area contributed by atoms with Gasteiger partial charge in [-0.15, -0.1) is 0 Å². The van der Waals surface area contributed by atoms with Crippen molar-refractivity contribution in [1.82, 2.24) is 14.7 Å². The van der Waals surface area contributed by atoms with Crippen molar-refractivity contribution in [2.45, 2.75) is 91.2 Å². The first-order valence-corrected chi connectivity index (χ1v) is 13.2. The third-order valence-corrected chi connectivity index (χ3v) is 7.64. The van der Waals surface area contributed by atoms with Crippen LogP contribution in [0.15, 0.2) is 18.2 Å². The van der Waals surface area contributed by atoms with Crippen LogP contribution in [-0.2, 0) is 24.2 Å². The molecule has 190 valence electrons. The van der Waals surface area contributed by atoms with Crippen LogP contribution in [0.5, 0.6) is 5.75 Å². The SMILES string of the molecule is CCN(CC)C(=O)c1nn(CC(=O)CCC2CCC(Oc3ccc(F)cc3C)CC2)c2c1CCC2. The van der Waals surface area contributed by atoms with Crippen LogP contribution in [-0.4, -0.2) is 45.6 Å². The van der Waals surface area contributed by atoms with Gasteiger partial charge in [0.25, 0.3) is 5.91 Å². The summed E-state index contributed by atoms with van der Waals surface area (Å²) in [5.41, 5.74) is 3.49. The molecule has 35 heavy (non-hydrogen) atoms. The molecule has 6 nitrogen and oxygen atoms in total. The minimum Gasteiger partial charge on any atom is -0.490 e. The fourth-order valence-corrected chi connectivity index (χ4v) is 5.55. The van der Waals surface area contributed by atoms with Crippen LogP contribution >= 0.6 is 0 Å². The molecule has 0 unspecified atom stereocenters. The number of aromatic nitrogens is 2. The summed E-state index contributed by atoms with van der Waals surface area (Å²) in [7, 11) is 0. The molecule has 0 atom stereocenters. The van der Waals surface area contributed by atoms with E-state index in [0.717, 1.165) is 73.9 Å². The third-order valence-electron chi connectivity index (χ3n) is 7.64. The number of benzene rings is 1. The molecule has 2 aromatic rings. The van der Waals surface area contributed by atoms with Gasteiger partial charge in [-0.05, 0) is 102 Å². The molecule has 0 bridgehead atoms. The molecule has 1 heterocycles. The van der Waals surface area contributed by atoms with Gasteiger partial charge in [0.15, 0.2) is 11.5 Å². The number of rotatable bonds is 10. The molecule has 7 heteroatoms. The summed E-state index contributed by atoms with van der Waals surface area (Å²) in [5, 5.41) is 4.61. The molecule has 0 saturated heterocycles. The van der Waals surface area contributed by atoms with Gasteiger partial charge in [0.2, 0.25) is 0 Å². The molecule has 2 aliphatic carbocycles. The summed E-state index contributed by atoms with van der Waals surface area (Å²) < 4.78 is 21.2. The molecule has 1 amide bonds. The highest BCUT2D eigenvalue weighted by molar-refractivity contribution is 5.94. The van der Waals surface area contributed by atoms with Crippen LogP contribution in [0.4, 0.5) is 4.39 Å². The summed E-state index contributed by atoms with van der Waals surface area (Å²) >= 11 is 0. The maximum atomic E-state index is 13.3. The minimum absolute atomic E-state index is 0.0193. The van der Waals surface area contributed by atoms with E-state index in [1.807, 2.05) is 20.8 Å². The number of halogens is 1. The van der Waals surface area contributed by atoms with Crippen LogP contribution in [0.3, 0.4) is 0 Å². The number of ketones is 1. The van der Waals surface area contributed by atoms with Crippen LogP contribution < -0.4 is 4.74 Å². The van der Waals surface area contributed by atoms with Crippen LogP contribution in [0, 0.1) is 18.7 Å². The van der Waals surface area contributed by atoms with E-state index >= 15 is 0 Å². The Balaban J connectivity index is 1.26. The van der Waals surface area contributed by atoms with Crippen LogP contribution in [0.1, 0.15) is 86.1 Å². The first-order chi connectivity index (χ1) is 16.9. The summed E-state index contributed by atoms with van der Waals surface area (Å²) in [5.74, 6) is 1.21. The Morgan fingerprint density at radius 2 is 1.89 bits per heavy atom. The second-order valence-electron chi connectivity index (χ2n) is 10.0. The minimum atomic E-state index is -0.241. The average molecular weight is 484 g/mol. The van der Waals surface area contributed by atoms with Crippen molar-refractivity contribution in [3.8, 4) is 5.75 Å². The fourth-order valence-electron chi connectivity index (χ4n) is 5.55. The summed E-state index contributed by atoms with van der Waals surface area (Å²) in [6.45, 7) is 7.40. The fraction of sp³-hybridized carbons (Fsp3) is 0.607. The maximum Gasteiger partial charge on any atom is 0.274 e. The highest BCUT2D eigenvalue weighted by atomic mass is 19.1. The van der Waals surface area contributed by atoms with Gasteiger partial charge in [0, 0.05) is 30.8 Å². The van der Waals surface area contributed by atoms with Crippen molar-refractivity contribution in [2.75, 3.05) is 13.1 Å². The van der Waals surface area contributed by atoms with Gasteiger partial charge in [-0.2, -0.15) is 5.10 Å². The van der Waals surface area contributed by atoms with Crippen molar-refractivity contribution in [2.24, 2.45) is 5.92 Å². The number of fused-ring (bicyclic) bond motifs is 1. The van der Waals surface area contributed by atoms with Gasteiger partial charge >= 0.3 is 0 Å². The number of carbonyl (C=O) groups is 2. The average Bonchev–Trinajstić information content (AvgIpc) is 3.45. The summed E-state index contributed by atoms with van der Waals surface area (Å²) in [4.78, 5) is 27.5. The molecule has 0 N–H and O–H groups in total. The first-order valence-electron chi connectivity index (χ1n) is 13.2. The van der Waals surface area contributed by atoms with Gasteiger partial charge in [-0.25, -0.2) is 4.39 Å². The lowest BCUT2D eigenvalue weighted by molar-refractivity contribution is -0.120. The van der Waals surface area contributed by atoms with Crippen LogP contribution in [0.2, 0.25) is 0 Å². The summed E-state index contributed by atoms with van der Waals surface area (Å²) in [6.07, 6.45) is 8.35. The number of hydrogen-bond acceptors (Lipinski definition) is 4. The topological polar surface area (TPSA) is 64.4 Å². The number of aryl methyl sites for hydroxylation is 1. The van der Waals surface area contributed by atoms with E-state index in [1.54, 1.807) is 15.6 Å². The molecular weight excluding hydrogens is 445 g/mol. The maximum absolute atomic E-state index is 13.3.